The van der Waals surface area contributed by atoms with E-state index in [0.717, 1.165) is 10.1 Å². The van der Waals surface area contributed by atoms with Gasteiger partial charge in [-0.25, -0.2) is 4.79 Å². The molecule has 218 valence electrons. The average molecular weight is 608 g/mol. The van der Waals surface area contributed by atoms with Crippen LogP contribution in [0.25, 0.3) is 10.1 Å². The lowest BCUT2D eigenvalue weighted by atomic mass is 10.1. The third kappa shape index (κ3) is 8.79. The van der Waals surface area contributed by atoms with Crippen LogP contribution in [0.4, 0.5) is 10.5 Å². The molecular weight excluding hydrogens is 578 g/mol. The molecule has 0 aliphatic rings. The summed E-state index contributed by atoms with van der Waals surface area (Å²) in [4.78, 5) is 50.3. The van der Waals surface area contributed by atoms with E-state index in [-0.39, 0.29) is 38.3 Å². The maximum absolute atomic E-state index is 13.4. The Hall–Kier alpha value is -4.41. The Kier molecular flexibility index (Phi) is 10.9. The number of anilines is 1. The number of fused-ring (bicyclic) bond motifs is 1. The molecule has 0 saturated heterocycles. The van der Waals surface area contributed by atoms with Gasteiger partial charge in [0.2, 0.25) is 5.91 Å². The Bertz CT molecular complexity index is 1540. The van der Waals surface area contributed by atoms with E-state index in [2.05, 4.69) is 16.0 Å². The quantitative estimate of drug-likeness (QED) is 0.137. The van der Waals surface area contributed by atoms with E-state index in [1.165, 1.54) is 11.3 Å². The van der Waals surface area contributed by atoms with Crippen molar-refractivity contribution < 1.29 is 29.0 Å². The van der Waals surface area contributed by atoms with Crippen LogP contribution >= 0.6 is 22.9 Å². The molecule has 4 aromatic rings. The molecule has 4 N–H and O–H groups in total. The maximum atomic E-state index is 13.4. The molecule has 0 bridgehead atoms. The number of carboxylic acid groups (broad SMARTS) is 1. The van der Waals surface area contributed by atoms with Crippen LogP contribution in [0.5, 0.6) is 0 Å². The number of rotatable bonds is 13. The zero-order valence-corrected chi connectivity index (χ0v) is 24.2. The minimum absolute atomic E-state index is 0.0169. The molecule has 0 unspecified atom stereocenters. The summed E-state index contributed by atoms with van der Waals surface area (Å²) < 4.78 is 6.18. The second-order valence-corrected chi connectivity index (χ2v) is 10.9. The Morgan fingerprint density at radius 2 is 1.64 bits per heavy atom. The monoisotopic (exact) mass is 607 g/mol. The summed E-state index contributed by atoms with van der Waals surface area (Å²) in [6, 6.07) is 22.5. The molecular formula is C31H30ClN3O6S. The van der Waals surface area contributed by atoms with Gasteiger partial charge in [0.25, 0.3) is 5.91 Å². The number of aryl methyl sites for hydroxylation is 1. The van der Waals surface area contributed by atoms with Crippen LogP contribution in [0.15, 0.2) is 78.9 Å². The van der Waals surface area contributed by atoms with Gasteiger partial charge in [0.15, 0.2) is 0 Å². The van der Waals surface area contributed by atoms with Crippen molar-refractivity contribution in [3.8, 4) is 0 Å². The fourth-order valence-corrected chi connectivity index (χ4v) is 5.38. The fraction of sp³-hybridized carbons (Fsp3) is 0.226. The number of ether oxygens (including phenoxy) is 1. The first-order valence-corrected chi connectivity index (χ1v) is 14.5. The number of thiophene rings is 1. The number of benzene rings is 3. The molecule has 1 aromatic heterocycles. The van der Waals surface area contributed by atoms with Crippen LogP contribution in [0.1, 0.15) is 40.1 Å². The molecule has 0 aliphatic carbocycles. The fourth-order valence-electron chi connectivity index (χ4n) is 4.22. The number of para-hydroxylation sites is 1. The second-order valence-electron chi connectivity index (χ2n) is 9.45. The topological polar surface area (TPSA) is 134 Å². The molecule has 42 heavy (non-hydrogen) atoms. The van der Waals surface area contributed by atoms with Crippen molar-refractivity contribution in [1.82, 2.24) is 10.6 Å². The van der Waals surface area contributed by atoms with E-state index in [9.17, 15) is 19.2 Å². The number of carbonyl (C=O) groups is 4. The highest BCUT2D eigenvalue weighted by Gasteiger charge is 2.23. The molecule has 0 aliphatic heterocycles. The van der Waals surface area contributed by atoms with Crippen LogP contribution < -0.4 is 16.0 Å². The summed E-state index contributed by atoms with van der Waals surface area (Å²) in [5, 5.41) is 18.8. The first-order chi connectivity index (χ1) is 20.3. The molecule has 11 heteroatoms. The average Bonchev–Trinajstić information content (AvgIpc) is 3.42. The summed E-state index contributed by atoms with van der Waals surface area (Å²) in [7, 11) is 0. The smallest absolute Gasteiger partial charge is 0.407 e. The molecule has 0 saturated carbocycles. The van der Waals surface area contributed by atoms with Gasteiger partial charge in [-0.15, -0.1) is 11.3 Å². The lowest BCUT2D eigenvalue weighted by Crippen LogP contribution is -2.44. The summed E-state index contributed by atoms with van der Waals surface area (Å²) in [6.45, 7) is 0.224. The Balaban J connectivity index is 1.39. The Morgan fingerprint density at radius 3 is 2.40 bits per heavy atom. The van der Waals surface area contributed by atoms with Crippen molar-refractivity contribution in [1.29, 1.82) is 0 Å². The molecule has 0 spiro atoms. The number of carboxylic acids is 1. The van der Waals surface area contributed by atoms with Gasteiger partial charge in [0.05, 0.1) is 4.88 Å². The minimum Gasteiger partial charge on any atom is -0.481 e. The molecule has 1 heterocycles. The SMILES string of the molecule is O=C(O)CCc1ccccc1NC(=O)[C@H](CCCNC(=O)OCc1ccccc1Cl)NC(=O)c1cc2ccccc2s1. The maximum Gasteiger partial charge on any atom is 0.407 e. The molecule has 0 radical (unpaired) electrons. The summed E-state index contributed by atoms with van der Waals surface area (Å²) in [5.74, 6) is -1.78. The summed E-state index contributed by atoms with van der Waals surface area (Å²) in [6.07, 6.45) is 0.122. The number of hydrogen-bond acceptors (Lipinski definition) is 6. The van der Waals surface area contributed by atoms with Crippen molar-refractivity contribution in [3.05, 3.63) is 99.9 Å². The minimum atomic E-state index is -0.942. The summed E-state index contributed by atoms with van der Waals surface area (Å²) >= 11 is 7.43. The van der Waals surface area contributed by atoms with Gasteiger partial charge in [0, 0.05) is 33.9 Å². The third-order valence-electron chi connectivity index (χ3n) is 6.41. The highest BCUT2D eigenvalue weighted by molar-refractivity contribution is 7.20. The van der Waals surface area contributed by atoms with E-state index < -0.39 is 24.0 Å². The van der Waals surface area contributed by atoms with Gasteiger partial charge < -0.3 is 25.8 Å². The van der Waals surface area contributed by atoms with Gasteiger partial charge in [-0.3, -0.25) is 14.4 Å². The zero-order chi connectivity index (χ0) is 29.9. The lowest BCUT2D eigenvalue weighted by Gasteiger charge is -2.19. The van der Waals surface area contributed by atoms with Gasteiger partial charge in [-0.05, 0) is 54.5 Å². The largest absolute Gasteiger partial charge is 0.481 e. The van der Waals surface area contributed by atoms with Crippen LogP contribution in [-0.2, 0) is 27.4 Å². The first kappa shape index (κ1) is 30.5. The van der Waals surface area contributed by atoms with Crippen LogP contribution in [0, 0.1) is 0 Å². The number of halogens is 1. The van der Waals surface area contributed by atoms with Gasteiger partial charge >= 0.3 is 12.1 Å². The lowest BCUT2D eigenvalue weighted by molar-refractivity contribution is -0.137. The van der Waals surface area contributed by atoms with Crippen LogP contribution in [0.3, 0.4) is 0 Å². The predicted molar refractivity (Wildman–Crippen MR) is 163 cm³/mol. The standard InChI is InChI=1S/C31H30ClN3O6S/c32-23-11-4-1-10-22(23)19-41-31(40)33-17-7-13-25(35-30(39)27-18-21-9-3-6-14-26(21)42-27)29(38)34-24-12-5-2-8-20(24)15-16-28(36)37/h1-6,8-12,14,18,25H,7,13,15-17,19H2,(H,33,40)(H,34,38)(H,35,39)(H,36,37)/t25-/m0/s1. The predicted octanol–water partition coefficient (Wildman–Crippen LogP) is 6.02. The van der Waals surface area contributed by atoms with Gasteiger partial charge in [-0.2, -0.15) is 0 Å². The van der Waals surface area contributed by atoms with E-state index in [0.29, 0.717) is 33.1 Å². The van der Waals surface area contributed by atoms with Crippen molar-refractivity contribution in [2.75, 3.05) is 11.9 Å². The number of hydrogen-bond donors (Lipinski definition) is 4. The van der Waals surface area contributed by atoms with Gasteiger partial charge in [0.1, 0.15) is 12.6 Å². The highest BCUT2D eigenvalue weighted by Crippen LogP contribution is 2.25. The summed E-state index contributed by atoms with van der Waals surface area (Å²) in [5.41, 5.74) is 1.83. The van der Waals surface area contributed by atoms with Crippen LogP contribution in [0.2, 0.25) is 5.02 Å². The normalized spacial score (nSPS) is 11.5. The number of aliphatic carboxylic acids is 1. The molecule has 3 amide bonds. The van der Waals surface area contributed by atoms with E-state index in [1.807, 2.05) is 24.3 Å². The number of alkyl carbamates (subject to hydrolysis) is 1. The zero-order valence-electron chi connectivity index (χ0n) is 22.6. The molecule has 3 aromatic carbocycles. The van der Waals surface area contributed by atoms with E-state index in [4.69, 9.17) is 21.4 Å². The molecule has 1 atom stereocenters. The van der Waals surface area contributed by atoms with Crippen molar-refractivity contribution in [3.63, 3.8) is 0 Å². The van der Waals surface area contributed by atoms with Crippen LogP contribution in [-0.4, -0.2) is 41.6 Å². The van der Waals surface area contributed by atoms with Gasteiger partial charge in [-0.1, -0.05) is 66.2 Å². The molecule has 0 fully saturated rings. The van der Waals surface area contributed by atoms with Crippen molar-refractivity contribution in [2.45, 2.75) is 38.3 Å². The number of carbonyl (C=O) groups excluding carboxylic acids is 3. The number of amides is 3. The second kappa shape index (κ2) is 15.0. The third-order valence-corrected chi connectivity index (χ3v) is 7.89. The Morgan fingerprint density at radius 1 is 0.929 bits per heavy atom. The molecule has 4 rings (SSSR count). The van der Waals surface area contributed by atoms with E-state index >= 15 is 0 Å². The Labute approximate surface area is 251 Å². The van der Waals surface area contributed by atoms with Crippen molar-refractivity contribution >= 4 is 62.6 Å². The van der Waals surface area contributed by atoms with E-state index in [1.54, 1.807) is 54.6 Å². The number of nitrogens with one attached hydrogen (secondary N) is 3. The molecule has 9 nitrogen and oxygen atoms in total. The first-order valence-electron chi connectivity index (χ1n) is 13.3. The van der Waals surface area contributed by atoms with Crippen molar-refractivity contribution in [2.24, 2.45) is 0 Å². The highest BCUT2D eigenvalue weighted by atomic mass is 35.5.